The van der Waals surface area contributed by atoms with E-state index in [-0.39, 0.29) is 11.9 Å². The second kappa shape index (κ2) is 7.58. The lowest BCUT2D eigenvalue weighted by Gasteiger charge is -2.18. The van der Waals surface area contributed by atoms with Crippen LogP contribution in [0.1, 0.15) is 31.1 Å². The Kier molecular flexibility index (Phi) is 5.52. The van der Waals surface area contributed by atoms with Crippen LogP contribution in [-0.4, -0.2) is 29.9 Å². The van der Waals surface area contributed by atoms with Gasteiger partial charge in [-0.25, -0.2) is 0 Å². The summed E-state index contributed by atoms with van der Waals surface area (Å²) in [7, 11) is 0. The highest BCUT2D eigenvalue weighted by Crippen LogP contribution is 2.30. The van der Waals surface area contributed by atoms with Gasteiger partial charge in [0.1, 0.15) is 5.75 Å². The summed E-state index contributed by atoms with van der Waals surface area (Å²) in [4.78, 5) is 25.3. The molecule has 0 heterocycles. The van der Waals surface area contributed by atoms with Crippen LogP contribution in [-0.2, 0) is 4.79 Å². The molecule has 1 amide bonds. The van der Waals surface area contributed by atoms with Crippen molar-refractivity contribution in [2.75, 3.05) is 13.1 Å². The molecule has 0 atom stereocenters. The number of nitrogens with zero attached hydrogens (tertiary/aromatic N) is 1. The van der Waals surface area contributed by atoms with Gasteiger partial charge in [-0.2, -0.15) is 0 Å². The van der Waals surface area contributed by atoms with E-state index in [2.05, 4.69) is 0 Å². The molecule has 23 heavy (non-hydrogen) atoms. The Bertz CT molecular complexity index is 688. The van der Waals surface area contributed by atoms with Crippen LogP contribution >= 0.6 is 0 Å². The number of amides is 1. The monoisotopic (exact) mass is 311 g/mol. The number of ether oxygens (including phenoxy) is 1. The molecule has 0 saturated carbocycles. The Morgan fingerprint density at radius 3 is 2.13 bits per heavy atom. The molecule has 0 spiro atoms. The van der Waals surface area contributed by atoms with Crippen molar-refractivity contribution < 1.29 is 14.3 Å². The van der Waals surface area contributed by atoms with Crippen molar-refractivity contribution in [2.24, 2.45) is 0 Å². The predicted molar refractivity (Wildman–Crippen MR) is 90.4 cm³/mol. The molecule has 0 unspecified atom stereocenters. The minimum atomic E-state index is -0.356. The summed E-state index contributed by atoms with van der Waals surface area (Å²) in [6.07, 6.45) is 0. The van der Waals surface area contributed by atoms with Gasteiger partial charge in [0.05, 0.1) is 0 Å². The van der Waals surface area contributed by atoms with Gasteiger partial charge in [-0.3, -0.25) is 9.59 Å². The molecule has 0 N–H and O–H groups in total. The van der Waals surface area contributed by atoms with E-state index in [4.69, 9.17) is 4.74 Å². The molecule has 2 rings (SSSR count). The van der Waals surface area contributed by atoms with Gasteiger partial charge in [0.2, 0.25) is 0 Å². The van der Waals surface area contributed by atoms with Crippen LogP contribution in [0.2, 0.25) is 0 Å². The van der Waals surface area contributed by atoms with Gasteiger partial charge in [0.15, 0.2) is 0 Å². The maximum absolute atomic E-state index is 12.3. The fourth-order valence-corrected chi connectivity index (χ4v) is 2.43. The van der Waals surface area contributed by atoms with Gasteiger partial charge in [0.25, 0.3) is 5.91 Å². The van der Waals surface area contributed by atoms with Gasteiger partial charge in [-0.15, -0.1) is 0 Å². The molecule has 2 aromatic rings. The lowest BCUT2D eigenvalue weighted by molar-refractivity contribution is -0.131. The Morgan fingerprint density at radius 1 is 0.957 bits per heavy atom. The summed E-state index contributed by atoms with van der Waals surface area (Å²) < 4.78 is 5.24. The van der Waals surface area contributed by atoms with E-state index in [1.165, 1.54) is 6.92 Å². The van der Waals surface area contributed by atoms with Gasteiger partial charge in [-0.1, -0.05) is 30.3 Å². The summed E-state index contributed by atoms with van der Waals surface area (Å²) in [5.41, 5.74) is 2.38. The average Bonchev–Trinajstić information content (AvgIpc) is 2.56. The van der Waals surface area contributed by atoms with E-state index in [9.17, 15) is 9.59 Å². The molecule has 0 aromatic heterocycles. The molecule has 0 saturated heterocycles. The van der Waals surface area contributed by atoms with Crippen LogP contribution in [0, 0.1) is 0 Å². The lowest BCUT2D eigenvalue weighted by Crippen LogP contribution is -2.30. The minimum absolute atomic E-state index is 0.0230. The second-order valence-electron chi connectivity index (χ2n) is 5.14. The Hall–Kier alpha value is -2.62. The normalized spacial score (nSPS) is 10.2. The van der Waals surface area contributed by atoms with Crippen LogP contribution in [0.15, 0.2) is 48.5 Å². The summed E-state index contributed by atoms with van der Waals surface area (Å²) >= 11 is 0. The SMILES string of the molecule is CCN(CC)C(=O)c1ccc(-c2ccccc2OC(C)=O)cc1. The molecule has 0 bridgehead atoms. The van der Waals surface area contributed by atoms with Crippen molar-refractivity contribution in [1.29, 1.82) is 0 Å². The number of carbonyl (C=O) groups excluding carboxylic acids is 2. The fraction of sp³-hybridized carbons (Fsp3) is 0.263. The highest BCUT2D eigenvalue weighted by atomic mass is 16.5. The Morgan fingerprint density at radius 2 is 1.57 bits per heavy atom. The van der Waals surface area contributed by atoms with Crippen LogP contribution in [0.25, 0.3) is 11.1 Å². The van der Waals surface area contributed by atoms with Crippen molar-refractivity contribution in [1.82, 2.24) is 4.90 Å². The molecule has 2 aromatic carbocycles. The molecule has 4 nitrogen and oxygen atoms in total. The highest BCUT2D eigenvalue weighted by Gasteiger charge is 2.13. The number of para-hydroxylation sites is 1. The molecule has 120 valence electrons. The third kappa shape index (κ3) is 3.97. The van der Waals surface area contributed by atoms with Crippen LogP contribution in [0.3, 0.4) is 0 Å². The van der Waals surface area contributed by atoms with Gasteiger partial charge in [-0.05, 0) is 37.6 Å². The van der Waals surface area contributed by atoms with Crippen molar-refractivity contribution in [2.45, 2.75) is 20.8 Å². The molecule has 0 aliphatic carbocycles. The number of esters is 1. The highest BCUT2D eigenvalue weighted by molar-refractivity contribution is 5.94. The number of hydrogen-bond donors (Lipinski definition) is 0. The third-order valence-electron chi connectivity index (χ3n) is 3.63. The summed E-state index contributed by atoms with van der Waals surface area (Å²) in [5, 5.41) is 0. The standard InChI is InChI=1S/C19H21NO3/c1-4-20(5-2)19(22)16-12-10-15(11-13-16)17-8-6-7-9-18(17)23-14(3)21/h6-13H,4-5H2,1-3H3. The molecular weight excluding hydrogens is 290 g/mol. The number of carbonyl (C=O) groups is 2. The topological polar surface area (TPSA) is 46.6 Å². The van der Waals surface area contributed by atoms with E-state index in [0.29, 0.717) is 24.4 Å². The van der Waals surface area contributed by atoms with Crippen LogP contribution in [0.4, 0.5) is 0 Å². The molecule has 4 heteroatoms. The van der Waals surface area contributed by atoms with Crippen LogP contribution < -0.4 is 4.74 Å². The zero-order chi connectivity index (χ0) is 16.8. The van der Waals surface area contributed by atoms with Crippen molar-refractivity contribution in [3.63, 3.8) is 0 Å². The zero-order valence-electron chi connectivity index (χ0n) is 13.7. The number of benzene rings is 2. The number of rotatable bonds is 5. The van der Waals surface area contributed by atoms with Gasteiger partial charge < -0.3 is 9.64 Å². The maximum Gasteiger partial charge on any atom is 0.308 e. The predicted octanol–water partition coefficient (Wildman–Crippen LogP) is 3.76. The van der Waals surface area contributed by atoms with Crippen molar-refractivity contribution >= 4 is 11.9 Å². The second-order valence-corrected chi connectivity index (χ2v) is 5.14. The first-order valence-corrected chi connectivity index (χ1v) is 7.74. The first-order valence-electron chi connectivity index (χ1n) is 7.74. The van der Waals surface area contributed by atoms with Crippen LogP contribution in [0.5, 0.6) is 5.75 Å². The van der Waals surface area contributed by atoms with Gasteiger partial charge in [0, 0.05) is 31.1 Å². The van der Waals surface area contributed by atoms with E-state index in [1.54, 1.807) is 23.1 Å². The largest absolute Gasteiger partial charge is 0.426 e. The first kappa shape index (κ1) is 16.7. The summed E-state index contributed by atoms with van der Waals surface area (Å²) in [6, 6.07) is 14.7. The average molecular weight is 311 g/mol. The van der Waals surface area contributed by atoms with Crippen molar-refractivity contribution in [3.05, 3.63) is 54.1 Å². The van der Waals surface area contributed by atoms with E-state index in [1.807, 2.05) is 44.2 Å². The first-order chi connectivity index (χ1) is 11.1. The smallest absolute Gasteiger partial charge is 0.308 e. The lowest BCUT2D eigenvalue weighted by atomic mass is 10.0. The van der Waals surface area contributed by atoms with E-state index < -0.39 is 0 Å². The molecule has 0 aliphatic heterocycles. The quantitative estimate of drug-likeness (QED) is 0.624. The number of hydrogen-bond acceptors (Lipinski definition) is 3. The van der Waals surface area contributed by atoms with E-state index >= 15 is 0 Å². The summed E-state index contributed by atoms with van der Waals surface area (Å²) in [6.45, 7) is 6.68. The molecule has 0 fully saturated rings. The third-order valence-corrected chi connectivity index (χ3v) is 3.63. The minimum Gasteiger partial charge on any atom is -0.426 e. The summed E-state index contributed by atoms with van der Waals surface area (Å²) in [5.74, 6) is 0.184. The molecule has 0 radical (unpaired) electrons. The zero-order valence-corrected chi connectivity index (χ0v) is 13.7. The Labute approximate surface area is 136 Å². The molecular formula is C19H21NO3. The van der Waals surface area contributed by atoms with Crippen molar-refractivity contribution in [3.8, 4) is 16.9 Å². The maximum atomic E-state index is 12.3. The fourth-order valence-electron chi connectivity index (χ4n) is 2.43. The van der Waals surface area contributed by atoms with Gasteiger partial charge >= 0.3 is 5.97 Å². The Balaban J connectivity index is 2.30. The molecule has 0 aliphatic rings. The van der Waals surface area contributed by atoms with E-state index in [0.717, 1.165) is 11.1 Å².